The van der Waals surface area contributed by atoms with Crippen molar-refractivity contribution in [1.82, 2.24) is 5.32 Å². The fourth-order valence-corrected chi connectivity index (χ4v) is 2.84. The molecule has 0 aromatic heterocycles. The summed E-state index contributed by atoms with van der Waals surface area (Å²) < 4.78 is 91.8. The first-order valence-corrected chi connectivity index (χ1v) is 8.83. The molecule has 1 atom stereocenters. The minimum atomic E-state index is -5.09. The van der Waals surface area contributed by atoms with Crippen LogP contribution in [-0.4, -0.2) is 39.0 Å². The van der Waals surface area contributed by atoms with Gasteiger partial charge in [0, 0.05) is 7.11 Å². The van der Waals surface area contributed by atoms with Crippen LogP contribution in [0.4, 0.5) is 26.3 Å². The van der Waals surface area contributed by atoms with Crippen molar-refractivity contribution in [3.8, 4) is 5.75 Å². The number of amides is 1. The summed E-state index contributed by atoms with van der Waals surface area (Å²) in [5.74, 6) is -1.64. The monoisotopic (exact) mass is 447 g/mol. The Morgan fingerprint density at radius 3 is 2.13 bits per heavy atom. The zero-order valence-electron chi connectivity index (χ0n) is 16.5. The summed E-state index contributed by atoms with van der Waals surface area (Å²) in [6.45, 7) is -1.29. The first kappa shape index (κ1) is 24.3. The highest BCUT2D eigenvalue weighted by atomic mass is 19.4. The summed E-state index contributed by atoms with van der Waals surface area (Å²) in [6.07, 6.45) is -9.60. The van der Waals surface area contributed by atoms with Crippen molar-refractivity contribution in [3.63, 3.8) is 0 Å². The van der Waals surface area contributed by atoms with Crippen molar-refractivity contribution < 1.29 is 40.6 Å². The minimum absolute atomic E-state index is 0.0617. The highest BCUT2D eigenvalue weighted by molar-refractivity contribution is 5.99. The molecule has 0 aliphatic rings. The number of nitrogens with one attached hydrogen (secondary N) is 1. The summed E-state index contributed by atoms with van der Waals surface area (Å²) in [4.78, 5) is 12.3. The largest absolute Gasteiger partial charge is 0.497 e. The lowest BCUT2D eigenvalue weighted by Crippen LogP contribution is -2.53. The van der Waals surface area contributed by atoms with Gasteiger partial charge in [0.15, 0.2) is 0 Å². The lowest BCUT2D eigenvalue weighted by molar-refractivity contribution is -0.274. The van der Waals surface area contributed by atoms with E-state index in [0.717, 1.165) is 19.2 Å². The van der Waals surface area contributed by atoms with E-state index in [2.05, 4.69) is 0 Å². The molecular weight excluding hydrogens is 428 g/mol. The molecule has 2 aromatic carbocycles. The van der Waals surface area contributed by atoms with Crippen LogP contribution >= 0.6 is 0 Å². The van der Waals surface area contributed by atoms with Crippen LogP contribution in [0.25, 0.3) is 6.08 Å². The fourth-order valence-electron chi connectivity index (χ4n) is 2.84. The topological polar surface area (TPSA) is 47.6 Å². The molecule has 0 bridgehead atoms. The predicted octanol–water partition coefficient (Wildman–Crippen LogP) is 4.86. The molecule has 1 N–H and O–H groups in total. The van der Waals surface area contributed by atoms with Crippen LogP contribution in [-0.2, 0) is 15.1 Å². The molecule has 0 spiro atoms. The quantitative estimate of drug-likeness (QED) is 0.487. The maximum absolute atomic E-state index is 14.0. The zero-order valence-corrected chi connectivity index (χ0v) is 16.5. The molecular formula is C21H19F6NO3. The Bertz CT molecular complexity index is 925. The number of benzene rings is 2. The Morgan fingerprint density at radius 1 is 0.968 bits per heavy atom. The van der Waals surface area contributed by atoms with Gasteiger partial charge in [-0.2, -0.15) is 26.3 Å². The summed E-state index contributed by atoms with van der Waals surface area (Å²) >= 11 is 0. The third-order valence-corrected chi connectivity index (χ3v) is 4.50. The van der Waals surface area contributed by atoms with Gasteiger partial charge in [-0.25, -0.2) is 0 Å². The van der Waals surface area contributed by atoms with E-state index in [1.54, 1.807) is 11.4 Å². The number of carbonyl (C=O) groups excluding carboxylic acids is 1. The first-order chi connectivity index (χ1) is 14.4. The van der Waals surface area contributed by atoms with Crippen LogP contribution in [0.15, 0.2) is 60.2 Å². The highest BCUT2D eigenvalue weighted by Gasteiger charge is 2.57. The van der Waals surface area contributed by atoms with E-state index < -0.39 is 41.5 Å². The molecule has 0 aliphatic heterocycles. The number of alkyl halides is 6. The summed E-state index contributed by atoms with van der Waals surface area (Å²) in [5, 5.41) is 1.73. The summed E-state index contributed by atoms with van der Waals surface area (Å²) in [6, 6.07) is 11.9. The Kier molecular flexibility index (Phi) is 7.37. The van der Waals surface area contributed by atoms with Crippen molar-refractivity contribution >= 4 is 12.0 Å². The van der Waals surface area contributed by atoms with Crippen molar-refractivity contribution in [2.45, 2.75) is 18.0 Å². The molecule has 1 amide bonds. The number of ether oxygens (including phenoxy) is 2. The van der Waals surface area contributed by atoms with Gasteiger partial charge in [0.05, 0.1) is 13.7 Å². The number of hydrogen-bond donors (Lipinski definition) is 1. The second-order valence-corrected chi connectivity index (χ2v) is 6.41. The molecule has 0 saturated carbocycles. The van der Waals surface area contributed by atoms with E-state index >= 15 is 0 Å². The standard InChI is InChI=1S/C21H19F6NO3/c1-30-16-10-6-9-15(12-16)19(31-2,21(25,26)27)13-28-18(29)17(20(22,23)24)11-14-7-4-3-5-8-14/h3-12H,13H2,1-2H3,(H,28,29). The molecule has 10 heteroatoms. The van der Waals surface area contributed by atoms with Gasteiger partial charge in [-0.3, -0.25) is 4.79 Å². The number of halogens is 6. The van der Waals surface area contributed by atoms with Gasteiger partial charge in [0.1, 0.15) is 11.3 Å². The van der Waals surface area contributed by atoms with Gasteiger partial charge in [-0.05, 0) is 29.3 Å². The Morgan fingerprint density at radius 2 is 1.61 bits per heavy atom. The molecule has 0 heterocycles. The molecule has 4 nitrogen and oxygen atoms in total. The van der Waals surface area contributed by atoms with Crippen LogP contribution in [0.5, 0.6) is 5.75 Å². The molecule has 0 radical (unpaired) electrons. The van der Waals surface area contributed by atoms with E-state index in [1.807, 2.05) is 0 Å². The third kappa shape index (κ3) is 5.57. The predicted molar refractivity (Wildman–Crippen MR) is 101 cm³/mol. The average molecular weight is 447 g/mol. The van der Waals surface area contributed by atoms with Crippen molar-refractivity contribution in [2.75, 3.05) is 20.8 Å². The minimum Gasteiger partial charge on any atom is -0.497 e. The number of methoxy groups -OCH3 is 2. The zero-order chi connectivity index (χ0) is 23.3. The molecule has 0 fully saturated rings. The van der Waals surface area contributed by atoms with E-state index in [-0.39, 0.29) is 11.3 Å². The van der Waals surface area contributed by atoms with Gasteiger partial charge >= 0.3 is 12.4 Å². The SMILES string of the molecule is COc1cccc(C(CNC(=O)C(=Cc2ccccc2)C(F)(F)F)(OC)C(F)(F)F)c1. The Labute approximate surface area is 174 Å². The first-order valence-electron chi connectivity index (χ1n) is 8.83. The normalized spacial score (nSPS) is 14.6. The van der Waals surface area contributed by atoms with Gasteiger partial charge in [-0.15, -0.1) is 0 Å². The van der Waals surface area contributed by atoms with Gasteiger partial charge in [-0.1, -0.05) is 42.5 Å². The highest BCUT2D eigenvalue weighted by Crippen LogP contribution is 2.42. The molecule has 168 valence electrons. The molecule has 1 unspecified atom stereocenters. The van der Waals surface area contributed by atoms with E-state index in [4.69, 9.17) is 9.47 Å². The van der Waals surface area contributed by atoms with Crippen molar-refractivity contribution in [2.24, 2.45) is 0 Å². The van der Waals surface area contributed by atoms with Crippen molar-refractivity contribution in [3.05, 3.63) is 71.3 Å². The second kappa shape index (κ2) is 9.42. The molecule has 31 heavy (non-hydrogen) atoms. The fraction of sp³-hybridized carbons (Fsp3) is 0.286. The van der Waals surface area contributed by atoms with Crippen LogP contribution in [0, 0.1) is 0 Å². The Balaban J connectivity index is 2.41. The maximum atomic E-state index is 14.0. The van der Waals surface area contributed by atoms with Crippen LogP contribution in [0.1, 0.15) is 11.1 Å². The summed E-state index contributed by atoms with van der Waals surface area (Å²) in [5.41, 5.74) is -5.12. The molecule has 2 rings (SSSR count). The van der Waals surface area contributed by atoms with Gasteiger partial charge < -0.3 is 14.8 Å². The third-order valence-electron chi connectivity index (χ3n) is 4.50. The maximum Gasteiger partial charge on any atom is 0.423 e. The van der Waals surface area contributed by atoms with E-state index in [1.165, 1.54) is 43.5 Å². The number of hydrogen-bond acceptors (Lipinski definition) is 3. The lowest BCUT2D eigenvalue weighted by atomic mass is 9.92. The lowest BCUT2D eigenvalue weighted by Gasteiger charge is -2.35. The number of rotatable bonds is 7. The van der Waals surface area contributed by atoms with Crippen LogP contribution in [0.2, 0.25) is 0 Å². The van der Waals surface area contributed by atoms with Crippen LogP contribution < -0.4 is 10.1 Å². The van der Waals surface area contributed by atoms with Gasteiger partial charge in [0.2, 0.25) is 5.60 Å². The second-order valence-electron chi connectivity index (χ2n) is 6.41. The average Bonchev–Trinajstić information content (AvgIpc) is 2.71. The molecule has 2 aromatic rings. The van der Waals surface area contributed by atoms with Crippen LogP contribution in [0.3, 0.4) is 0 Å². The van der Waals surface area contributed by atoms with E-state index in [9.17, 15) is 31.1 Å². The number of carbonyl (C=O) groups is 1. The van der Waals surface area contributed by atoms with E-state index in [0.29, 0.717) is 6.08 Å². The molecule has 0 saturated heterocycles. The molecule has 0 aliphatic carbocycles. The smallest absolute Gasteiger partial charge is 0.423 e. The summed E-state index contributed by atoms with van der Waals surface area (Å²) in [7, 11) is 2.00. The Hall–Kier alpha value is -3.01. The van der Waals surface area contributed by atoms with Crippen molar-refractivity contribution in [1.29, 1.82) is 0 Å². The van der Waals surface area contributed by atoms with Gasteiger partial charge in [0.25, 0.3) is 5.91 Å².